The molecule has 1 unspecified atom stereocenters. The molecular formula is C10H11NO. The number of hydrogen-bond donors (Lipinski definition) is 2. The van der Waals surface area contributed by atoms with E-state index in [0.717, 1.165) is 11.1 Å². The summed E-state index contributed by atoms with van der Waals surface area (Å²) >= 11 is 0. The SMILES string of the molecule is CNC1C=C(O)c2ccccc21. The molecule has 2 nitrogen and oxygen atoms in total. The van der Waals surface area contributed by atoms with Crippen LogP contribution in [0.15, 0.2) is 30.3 Å². The molecule has 0 bridgehead atoms. The van der Waals surface area contributed by atoms with Crippen LogP contribution in [0, 0.1) is 0 Å². The Morgan fingerprint density at radius 3 is 2.83 bits per heavy atom. The van der Waals surface area contributed by atoms with E-state index >= 15 is 0 Å². The smallest absolute Gasteiger partial charge is 0.121 e. The predicted octanol–water partition coefficient (Wildman–Crippen LogP) is 1.86. The second kappa shape index (κ2) is 2.64. The van der Waals surface area contributed by atoms with Crippen LogP contribution in [0.5, 0.6) is 0 Å². The van der Waals surface area contributed by atoms with Gasteiger partial charge in [-0.3, -0.25) is 0 Å². The maximum atomic E-state index is 9.50. The molecule has 62 valence electrons. The summed E-state index contributed by atoms with van der Waals surface area (Å²) in [6.07, 6.45) is 1.82. The monoisotopic (exact) mass is 161 g/mol. The van der Waals surface area contributed by atoms with Crippen LogP contribution in [-0.2, 0) is 0 Å². The van der Waals surface area contributed by atoms with Crippen molar-refractivity contribution in [3.8, 4) is 0 Å². The maximum absolute atomic E-state index is 9.50. The van der Waals surface area contributed by atoms with Crippen molar-refractivity contribution >= 4 is 5.76 Å². The second-order valence-electron chi connectivity index (χ2n) is 2.91. The van der Waals surface area contributed by atoms with Gasteiger partial charge >= 0.3 is 0 Å². The third-order valence-corrected chi connectivity index (χ3v) is 2.21. The highest BCUT2D eigenvalue weighted by molar-refractivity contribution is 5.68. The molecule has 1 aliphatic rings. The zero-order valence-corrected chi connectivity index (χ0v) is 6.91. The fourth-order valence-electron chi connectivity index (χ4n) is 1.58. The Morgan fingerprint density at radius 2 is 2.08 bits per heavy atom. The van der Waals surface area contributed by atoms with Gasteiger partial charge in [0.2, 0.25) is 0 Å². The third kappa shape index (κ3) is 0.924. The Balaban J connectivity index is 2.52. The van der Waals surface area contributed by atoms with Gasteiger partial charge in [0.25, 0.3) is 0 Å². The Morgan fingerprint density at radius 1 is 1.33 bits per heavy atom. The lowest BCUT2D eigenvalue weighted by atomic mass is 10.1. The van der Waals surface area contributed by atoms with Crippen molar-refractivity contribution in [2.24, 2.45) is 0 Å². The van der Waals surface area contributed by atoms with Crippen molar-refractivity contribution < 1.29 is 5.11 Å². The van der Waals surface area contributed by atoms with E-state index in [1.54, 1.807) is 0 Å². The Labute approximate surface area is 71.5 Å². The van der Waals surface area contributed by atoms with Crippen LogP contribution in [0.25, 0.3) is 5.76 Å². The van der Waals surface area contributed by atoms with E-state index in [-0.39, 0.29) is 6.04 Å². The van der Waals surface area contributed by atoms with Crippen molar-refractivity contribution in [3.05, 3.63) is 41.5 Å². The van der Waals surface area contributed by atoms with Gasteiger partial charge in [0.05, 0.1) is 6.04 Å². The molecule has 0 heterocycles. The average molecular weight is 161 g/mol. The molecule has 0 saturated heterocycles. The third-order valence-electron chi connectivity index (χ3n) is 2.21. The normalized spacial score (nSPS) is 20.4. The summed E-state index contributed by atoms with van der Waals surface area (Å²) in [6.45, 7) is 0. The lowest BCUT2D eigenvalue weighted by Gasteiger charge is -2.07. The van der Waals surface area contributed by atoms with Gasteiger partial charge in [-0.25, -0.2) is 0 Å². The highest BCUT2D eigenvalue weighted by Crippen LogP contribution is 2.31. The lowest BCUT2D eigenvalue weighted by Crippen LogP contribution is -2.11. The highest BCUT2D eigenvalue weighted by Gasteiger charge is 2.20. The summed E-state index contributed by atoms with van der Waals surface area (Å²) in [7, 11) is 1.89. The fraction of sp³-hybridized carbons (Fsp3) is 0.200. The van der Waals surface area contributed by atoms with Crippen molar-refractivity contribution in [2.75, 3.05) is 7.05 Å². The molecule has 1 atom stereocenters. The number of aliphatic hydroxyl groups is 1. The lowest BCUT2D eigenvalue weighted by molar-refractivity contribution is 0.512. The van der Waals surface area contributed by atoms with Crippen molar-refractivity contribution in [2.45, 2.75) is 6.04 Å². The Hall–Kier alpha value is -1.28. The van der Waals surface area contributed by atoms with Crippen LogP contribution < -0.4 is 5.32 Å². The van der Waals surface area contributed by atoms with Gasteiger partial charge in [-0.05, 0) is 18.7 Å². The number of nitrogens with one attached hydrogen (secondary N) is 1. The van der Waals surface area contributed by atoms with E-state index in [1.807, 2.05) is 37.4 Å². The van der Waals surface area contributed by atoms with Crippen molar-refractivity contribution in [3.63, 3.8) is 0 Å². The van der Waals surface area contributed by atoms with Crippen molar-refractivity contribution in [1.82, 2.24) is 5.32 Å². The first-order chi connectivity index (χ1) is 5.83. The number of likely N-dealkylation sites (N-methyl/N-ethyl adjacent to an activating group) is 1. The van der Waals surface area contributed by atoms with Crippen LogP contribution in [0.4, 0.5) is 0 Å². The molecule has 0 radical (unpaired) electrons. The topological polar surface area (TPSA) is 32.3 Å². The molecule has 0 spiro atoms. The van der Waals surface area contributed by atoms with Crippen LogP contribution in [-0.4, -0.2) is 12.2 Å². The molecule has 0 fully saturated rings. The minimum Gasteiger partial charge on any atom is -0.508 e. The molecule has 2 N–H and O–H groups in total. The Kier molecular flexibility index (Phi) is 1.62. The van der Waals surface area contributed by atoms with E-state index < -0.39 is 0 Å². The van der Waals surface area contributed by atoms with E-state index in [9.17, 15) is 5.11 Å². The van der Waals surface area contributed by atoms with E-state index in [1.165, 1.54) is 0 Å². The van der Waals surface area contributed by atoms with Crippen LogP contribution in [0.1, 0.15) is 17.2 Å². The molecule has 2 rings (SSSR count). The van der Waals surface area contributed by atoms with Crippen LogP contribution in [0.2, 0.25) is 0 Å². The molecule has 12 heavy (non-hydrogen) atoms. The summed E-state index contributed by atoms with van der Waals surface area (Å²) in [5.74, 6) is 0.380. The van der Waals surface area contributed by atoms with Crippen LogP contribution in [0.3, 0.4) is 0 Å². The second-order valence-corrected chi connectivity index (χ2v) is 2.91. The molecule has 1 aromatic carbocycles. The van der Waals surface area contributed by atoms with Crippen molar-refractivity contribution in [1.29, 1.82) is 0 Å². The summed E-state index contributed by atoms with van der Waals surface area (Å²) in [5.41, 5.74) is 2.09. The summed E-state index contributed by atoms with van der Waals surface area (Å²) in [4.78, 5) is 0. The standard InChI is InChI=1S/C10H11NO/c1-11-9-6-10(12)8-5-3-2-4-7(8)9/h2-6,9,11-12H,1H3. The summed E-state index contributed by atoms with van der Waals surface area (Å²) in [5, 5.41) is 12.6. The van der Waals surface area contributed by atoms with Gasteiger partial charge < -0.3 is 10.4 Å². The number of fused-ring (bicyclic) bond motifs is 1. The minimum absolute atomic E-state index is 0.168. The number of rotatable bonds is 1. The van der Waals surface area contributed by atoms with Gasteiger partial charge in [0, 0.05) is 5.56 Å². The minimum atomic E-state index is 0.168. The van der Waals surface area contributed by atoms with Gasteiger partial charge in [0.1, 0.15) is 5.76 Å². The molecule has 1 aromatic rings. The zero-order chi connectivity index (χ0) is 8.55. The maximum Gasteiger partial charge on any atom is 0.121 e. The predicted molar refractivity (Wildman–Crippen MR) is 48.8 cm³/mol. The number of benzene rings is 1. The van der Waals surface area contributed by atoms with Gasteiger partial charge in [-0.15, -0.1) is 0 Å². The summed E-state index contributed by atoms with van der Waals surface area (Å²) in [6, 6.07) is 8.03. The molecule has 0 aliphatic heterocycles. The molecule has 1 aliphatic carbocycles. The quantitative estimate of drug-likeness (QED) is 0.659. The zero-order valence-electron chi connectivity index (χ0n) is 6.91. The fourth-order valence-corrected chi connectivity index (χ4v) is 1.58. The molecule has 0 aromatic heterocycles. The van der Waals surface area contributed by atoms with Gasteiger partial charge in [-0.1, -0.05) is 24.3 Å². The van der Waals surface area contributed by atoms with Gasteiger partial charge in [-0.2, -0.15) is 0 Å². The largest absolute Gasteiger partial charge is 0.508 e. The average Bonchev–Trinajstić information content (AvgIpc) is 2.44. The molecular weight excluding hydrogens is 150 g/mol. The molecule has 2 heteroatoms. The first-order valence-corrected chi connectivity index (χ1v) is 4.00. The first kappa shape index (κ1) is 7.37. The van der Waals surface area contributed by atoms with E-state index in [4.69, 9.17) is 0 Å². The Bertz CT molecular complexity index is 330. The molecule has 0 amide bonds. The van der Waals surface area contributed by atoms with E-state index in [0.29, 0.717) is 5.76 Å². The first-order valence-electron chi connectivity index (χ1n) is 4.00. The number of hydrogen-bond acceptors (Lipinski definition) is 2. The molecule has 0 saturated carbocycles. The number of aliphatic hydroxyl groups excluding tert-OH is 1. The summed E-state index contributed by atoms with van der Waals surface area (Å²) < 4.78 is 0. The highest BCUT2D eigenvalue weighted by atomic mass is 16.3. The van der Waals surface area contributed by atoms with Gasteiger partial charge in [0.15, 0.2) is 0 Å². The van der Waals surface area contributed by atoms with Crippen LogP contribution >= 0.6 is 0 Å². The van der Waals surface area contributed by atoms with E-state index in [2.05, 4.69) is 5.32 Å².